The summed E-state index contributed by atoms with van der Waals surface area (Å²) in [7, 11) is -3.68. The van der Waals surface area contributed by atoms with Crippen LogP contribution in [0.3, 0.4) is 0 Å². The van der Waals surface area contributed by atoms with E-state index in [1.54, 1.807) is 24.3 Å². The first-order chi connectivity index (χ1) is 10.0. The maximum absolute atomic E-state index is 12.2. The van der Waals surface area contributed by atoms with Crippen LogP contribution in [0.4, 0.5) is 0 Å². The molecule has 116 valence electrons. The van der Waals surface area contributed by atoms with Crippen molar-refractivity contribution in [2.75, 3.05) is 0 Å². The molecule has 1 atom stereocenters. The Kier molecular flexibility index (Phi) is 5.45. The smallest absolute Gasteiger partial charge is 0.338 e. The van der Waals surface area contributed by atoms with Crippen molar-refractivity contribution in [3.05, 3.63) is 41.7 Å². The number of unbranched alkanes of at least 4 members (excludes halogenated alkanes) is 2. The van der Waals surface area contributed by atoms with Gasteiger partial charge in [-0.2, -0.15) is 8.42 Å². The molecule has 0 radical (unpaired) electrons. The van der Waals surface area contributed by atoms with Crippen LogP contribution in [0.5, 0.6) is 0 Å². The molecular weight excluding hydrogens is 284 g/mol. The quantitative estimate of drug-likeness (QED) is 0.547. The maximum atomic E-state index is 12.2. The van der Waals surface area contributed by atoms with E-state index in [1.807, 2.05) is 13.0 Å². The molecule has 0 saturated carbocycles. The summed E-state index contributed by atoms with van der Waals surface area (Å²) in [6.45, 7) is 4.12. The zero-order valence-corrected chi connectivity index (χ0v) is 13.7. The Hall–Kier alpha value is -1.29. The van der Waals surface area contributed by atoms with E-state index in [4.69, 9.17) is 4.18 Å². The van der Waals surface area contributed by atoms with Gasteiger partial charge in [-0.1, -0.05) is 43.9 Å². The summed E-state index contributed by atoms with van der Waals surface area (Å²) in [5, 5.41) is 0. The molecule has 0 spiro atoms. The van der Waals surface area contributed by atoms with Crippen LogP contribution in [-0.4, -0.2) is 8.42 Å². The Morgan fingerprint density at radius 3 is 2.57 bits per heavy atom. The van der Waals surface area contributed by atoms with Gasteiger partial charge in [-0.25, -0.2) is 0 Å². The van der Waals surface area contributed by atoms with E-state index >= 15 is 0 Å². The molecule has 3 nitrogen and oxygen atoms in total. The highest BCUT2D eigenvalue weighted by atomic mass is 32.2. The van der Waals surface area contributed by atoms with Gasteiger partial charge >= 0.3 is 10.1 Å². The van der Waals surface area contributed by atoms with E-state index in [0.717, 1.165) is 24.8 Å². The second kappa shape index (κ2) is 7.12. The molecular formula is C17H24O3S. The summed E-state index contributed by atoms with van der Waals surface area (Å²) in [6, 6.07) is 6.76. The number of allylic oxidation sites excluding steroid dienone is 2. The lowest BCUT2D eigenvalue weighted by Gasteiger charge is -2.07. The lowest BCUT2D eigenvalue weighted by molar-refractivity contribution is 0.396. The number of aryl methyl sites for hydroxylation is 1. The fraction of sp³-hybridized carbons (Fsp3) is 0.529. The number of hydrogen-bond donors (Lipinski definition) is 0. The first-order valence-corrected chi connectivity index (χ1v) is 9.14. The van der Waals surface area contributed by atoms with Crippen LogP contribution in [0.15, 0.2) is 41.0 Å². The molecule has 0 heterocycles. The van der Waals surface area contributed by atoms with Crippen molar-refractivity contribution in [2.45, 2.75) is 57.3 Å². The van der Waals surface area contributed by atoms with Gasteiger partial charge in [0.15, 0.2) is 0 Å². The third-order valence-electron chi connectivity index (χ3n) is 3.89. The third-order valence-corrected chi connectivity index (χ3v) is 5.17. The molecule has 0 fully saturated rings. The van der Waals surface area contributed by atoms with Crippen LogP contribution in [-0.2, 0) is 14.3 Å². The normalized spacial score (nSPS) is 18.6. The van der Waals surface area contributed by atoms with E-state index in [0.29, 0.717) is 11.7 Å². The minimum absolute atomic E-state index is 0.225. The van der Waals surface area contributed by atoms with Gasteiger partial charge in [-0.05, 0) is 43.9 Å². The average Bonchev–Trinajstić information content (AvgIpc) is 2.86. The second-order valence-electron chi connectivity index (χ2n) is 5.78. The summed E-state index contributed by atoms with van der Waals surface area (Å²) in [5.41, 5.74) is 1.03. The Morgan fingerprint density at radius 2 is 1.90 bits per heavy atom. The van der Waals surface area contributed by atoms with Crippen LogP contribution in [0.1, 0.15) is 51.0 Å². The molecule has 4 heteroatoms. The SMILES string of the molecule is CCCCCC1C=C(OS(=O)(=O)c2ccc(C)cc2)CC1. The van der Waals surface area contributed by atoms with E-state index in [2.05, 4.69) is 6.92 Å². The fourth-order valence-corrected chi connectivity index (χ4v) is 3.59. The van der Waals surface area contributed by atoms with Crippen molar-refractivity contribution in [1.29, 1.82) is 0 Å². The first-order valence-electron chi connectivity index (χ1n) is 7.73. The van der Waals surface area contributed by atoms with Gasteiger partial charge in [0.25, 0.3) is 0 Å². The van der Waals surface area contributed by atoms with Crippen molar-refractivity contribution in [1.82, 2.24) is 0 Å². The predicted octanol–water partition coefficient (Wildman–Crippen LogP) is 4.57. The highest BCUT2D eigenvalue weighted by molar-refractivity contribution is 7.86. The lowest BCUT2D eigenvalue weighted by Crippen LogP contribution is -2.05. The van der Waals surface area contributed by atoms with Crippen LogP contribution in [0.25, 0.3) is 0 Å². The summed E-state index contributed by atoms with van der Waals surface area (Å²) in [6.07, 6.45) is 8.51. The van der Waals surface area contributed by atoms with Crippen LogP contribution in [0, 0.1) is 12.8 Å². The highest BCUT2D eigenvalue weighted by Crippen LogP contribution is 2.31. The van der Waals surface area contributed by atoms with Gasteiger partial charge in [0.1, 0.15) is 10.7 Å². The minimum atomic E-state index is -3.68. The minimum Gasteiger partial charge on any atom is -0.384 e. The monoisotopic (exact) mass is 308 g/mol. The molecule has 21 heavy (non-hydrogen) atoms. The Morgan fingerprint density at radius 1 is 1.19 bits per heavy atom. The standard InChI is InChI=1S/C17H24O3S/c1-3-4-5-6-15-9-10-16(13-15)20-21(18,19)17-11-7-14(2)8-12-17/h7-8,11-13,15H,3-6,9-10H2,1-2H3. The Labute approximate surface area is 128 Å². The third kappa shape index (κ3) is 4.60. The molecule has 0 amide bonds. The second-order valence-corrected chi connectivity index (χ2v) is 7.32. The Bertz CT molecular complexity index is 585. The molecule has 0 N–H and O–H groups in total. The Balaban J connectivity index is 1.97. The topological polar surface area (TPSA) is 43.4 Å². The van der Waals surface area contributed by atoms with Crippen molar-refractivity contribution in [2.24, 2.45) is 5.92 Å². The summed E-state index contributed by atoms with van der Waals surface area (Å²) in [5.74, 6) is 1.08. The van der Waals surface area contributed by atoms with Crippen LogP contribution < -0.4 is 0 Å². The molecule has 1 unspecified atom stereocenters. The van der Waals surface area contributed by atoms with E-state index in [1.165, 1.54) is 19.3 Å². The highest BCUT2D eigenvalue weighted by Gasteiger charge is 2.23. The van der Waals surface area contributed by atoms with Crippen molar-refractivity contribution in [3.63, 3.8) is 0 Å². The van der Waals surface area contributed by atoms with Gasteiger partial charge < -0.3 is 4.18 Å². The van der Waals surface area contributed by atoms with Gasteiger partial charge in [0, 0.05) is 6.42 Å². The molecule has 0 aromatic heterocycles. The molecule has 1 aromatic rings. The molecule has 1 aliphatic carbocycles. The van der Waals surface area contributed by atoms with Crippen molar-refractivity contribution >= 4 is 10.1 Å². The van der Waals surface area contributed by atoms with Gasteiger partial charge in [0.05, 0.1) is 0 Å². The molecule has 0 aliphatic heterocycles. The molecule has 0 bridgehead atoms. The molecule has 2 rings (SSSR count). The number of hydrogen-bond acceptors (Lipinski definition) is 3. The largest absolute Gasteiger partial charge is 0.384 e. The van der Waals surface area contributed by atoms with Crippen molar-refractivity contribution < 1.29 is 12.6 Å². The van der Waals surface area contributed by atoms with Gasteiger partial charge in [0.2, 0.25) is 0 Å². The van der Waals surface area contributed by atoms with Crippen LogP contribution >= 0.6 is 0 Å². The fourth-order valence-electron chi connectivity index (χ4n) is 2.60. The van der Waals surface area contributed by atoms with Crippen LogP contribution in [0.2, 0.25) is 0 Å². The summed E-state index contributed by atoms with van der Waals surface area (Å²) >= 11 is 0. The van der Waals surface area contributed by atoms with Gasteiger partial charge in [-0.3, -0.25) is 0 Å². The zero-order chi connectivity index (χ0) is 15.3. The average molecular weight is 308 g/mol. The molecule has 1 aromatic carbocycles. The van der Waals surface area contributed by atoms with E-state index in [9.17, 15) is 8.42 Å². The number of benzene rings is 1. The van der Waals surface area contributed by atoms with E-state index in [-0.39, 0.29) is 4.90 Å². The molecule has 0 saturated heterocycles. The first kappa shape index (κ1) is 16.1. The maximum Gasteiger partial charge on any atom is 0.338 e. The lowest BCUT2D eigenvalue weighted by atomic mass is 10.0. The van der Waals surface area contributed by atoms with E-state index < -0.39 is 10.1 Å². The van der Waals surface area contributed by atoms with Crippen molar-refractivity contribution in [3.8, 4) is 0 Å². The molecule has 1 aliphatic rings. The summed E-state index contributed by atoms with van der Waals surface area (Å²) < 4.78 is 29.7. The number of rotatable bonds is 7. The summed E-state index contributed by atoms with van der Waals surface area (Å²) in [4.78, 5) is 0.225. The van der Waals surface area contributed by atoms with Gasteiger partial charge in [-0.15, -0.1) is 0 Å². The predicted molar refractivity (Wildman–Crippen MR) is 84.4 cm³/mol. The zero-order valence-electron chi connectivity index (χ0n) is 12.8.